The molecule has 2 N–H and O–H groups in total. The molecular weight excluding hydrogens is 372 g/mol. The first-order valence-corrected chi connectivity index (χ1v) is 8.90. The van der Waals surface area contributed by atoms with Crippen LogP contribution in [0.3, 0.4) is 0 Å². The first-order chi connectivity index (χ1) is 12.7. The number of benzene rings is 1. The molecule has 1 saturated heterocycles. The summed E-state index contributed by atoms with van der Waals surface area (Å²) in [6.07, 6.45) is 2.09. The van der Waals surface area contributed by atoms with Crippen LogP contribution in [0.25, 0.3) is 0 Å². The standard InChI is InChI=1S/C18H22N4O4.ClH/c1-11-16(19-8-9-24-11)17(23)20-13-4-6-14(7-5-13)25-10-15-21-18(26-22-15)12-2-3-12;/h4-7,11-12,16,19H,2-3,8-10H2,1H3,(H,20,23);1H/t11-,16+;/m1./s1. The quantitative estimate of drug-likeness (QED) is 0.775. The van der Waals surface area contributed by atoms with Gasteiger partial charge in [0.05, 0.1) is 12.7 Å². The lowest BCUT2D eigenvalue weighted by Gasteiger charge is -2.29. The van der Waals surface area contributed by atoms with Gasteiger partial charge < -0.3 is 24.6 Å². The number of hydrogen-bond donors (Lipinski definition) is 2. The number of amides is 1. The summed E-state index contributed by atoms with van der Waals surface area (Å²) in [6.45, 7) is 3.44. The molecule has 2 atom stereocenters. The minimum Gasteiger partial charge on any atom is -0.485 e. The van der Waals surface area contributed by atoms with Gasteiger partial charge in [-0.1, -0.05) is 5.16 Å². The molecule has 9 heteroatoms. The van der Waals surface area contributed by atoms with Crippen LogP contribution in [0.5, 0.6) is 5.75 Å². The summed E-state index contributed by atoms with van der Waals surface area (Å²) in [5.41, 5.74) is 0.706. The summed E-state index contributed by atoms with van der Waals surface area (Å²) in [7, 11) is 0. The fourth-order valence-electron chi connectivity index (χ4n) is 2.85. The number of ether oxygens (including phenoxy) is 2. The van der Waals surface area contributed by atoms with Gasteiger partial charge >= 0.3 is 0 Å². The number of carbonyl (C=O) groups is 1. The Balaban J connectivity index is 0.00000210. The molecule has 0 unspecified atom stereocenters. The van der Waals surface area contributed by atoms with E-state index in [1.165, 1.54) is 0 Å². The predicted octanol–water partition coefficient (Wildman–Crippen LogP) is 2.26. The minimum atomic E-state index is -0.349. The van der Waals surface area contributed by atoms with E-state index in [0.29, 0.717) is 42.2 Å². The molecule has 27 heavy (non-hydrogen) atoms. The molecule has 0 spiro atoms. The minimum absolute atomic E-state index is 0. The monoisotopic (exact) mass is 394 g/mol. The maximum Gasteiger partial charge on any atom is 0.244 e. The van der Waals surface area contributed by atoms with Gasteiger partial charge in [0.1, 0.15) is 11.8 Å². The van der Waals surface area contributed by atoms with Gasteiger partial charge in [-0.15, -0.1) is 12.4 Å². The number of hydrogen-bond acceptors (Lipinski definition) is 7. The fourth-order valence-corrected chi connectivity index (χ4v) is 2.85. The molecule has 1 aromatic carbocycles. The summed E-state index contributed by atoms with van der Waals surface area (Å²) in [5.74, 6) is 2.25. The van der Waals surface area contributed by atoms with E-state index >= 15 is 0 Å². The second-order valence-electron chi connectivity index (χ2n) is 6.63. The van der Waals surface area contributed by atoms with Crippen molar-refractivity contribution in [1.29, 1.82) is 0 Å². The maximum absolute atomic E-state index is 12.3. The van der Waals surface area contributed by atoms with Crippen molar-refractivity contribution in [2.24, 2.45) is 0 Å². The molecule has 1 aliphatic heterocycles. The molecule has 8 nitrogen and oxygen atoms in total. The first kappa shape index (κ1) is 19.6. The highest BCUT2D eigenvalue weighted by Gasteiger charge is 2.30. The second-order valence-corrected chi connectivity index (χ2v) is 6.63. The number of carbonyl (C=O) groups excluding carboxylic acids is 1. The Labute approximate surface area is 163 Å². The highest BCUT2D eigenvalue weighted by molar-refractivity contribution is 5.95. The second kappa shape index (κ2) is 8.69. The van der Waals surface area contributed by atoms with Gasteiger partial charge in [-0.25, -0.2) is 0 Å². The number of rotatable bonds is 6. The molecule has 2 fully saturated rings. The molecule has 2 aromatic rings. The third-order valence-electron chi connectivity index (χ3n) is 4.50. The summed E-state index contributed by atoms with van der Waals surface area (Å²) in [6, 6.07) is 6.84. The van der Waals surface area contributed by atoms with Crippen molar-refractivity contribution in [2.45, 2.75) is 44.4 Å². The highest BCUT2D eigenvalue weighted by Crippen LogP contribution is 2.38. The van der Waals surface area contributed by atoms with E-state index < -0.39 is 0 Å². The van der Waals surface area contributed by atoms with Gasteiger partial charge in [-0.05, 0) is 44.0 Å². The zero-order valence-electron chi connectivity index (χ0n) is 15.0. The van der Waals surface area contributed by atoms with Gasteiger partial charge in [0.2, 0.25) is 17.6 Å². The molecule has 0 bridgehead atoms. The van der Waals surface area contributed by atoms with Crippen molar-refractivity contribution >= 4 is 24.0 Å². The van der Waals surface area contributed by atoms with Crippen LogP contribution in [0.15, 0.2) is 28.8 Å². The van der Waals surface area contributed by atoms with Gasteiger partial charge in [0.25, 0.3) is 0 Å². The number of aromatic nitrogens is 2. The normalized spacial score (nSPS) is 22.0. The molecule has 1 amide bonds. The van der Waals surface area contributed by atoms with Crippen molar-refractivity contribution in [2.75, 3.05) is 18.5 Å². The smallest absolute Gasteiger partial charge is 0.244 e. The van der Waals surface area contributed by atoms with Crippen molar-refractivity contribution < 1.29 is 18.8 Å². The van der Waals surface area contributed by atoms with Crippen LogP contribution in [0, 0.1) is 0 Å². The molecule has 4 rings (SSSR count). The topological polar surface area (TPSA) is 98.5 Å². The molecule has 1 aromatic heterocycles. The molecule has 146 valence electrons. The summed E-state index contributed by atoms with van der Waals surface area (Å²) in [5, 5.41) is 9.98. The Morgan fingerprint density at radius 2 is 2.11 bits per heavy atom. The van der Waals surface area contributed by atoms with Gasteiger partial charge in [0.15, 0.2) is 6.61 Å². The average Bonchev–Trinajstić information content (AvgIpc) is 3.40. The van der Waals surface area contributed by atoms with E-state index in [1.54, 1.807) is 24.3 Å². The third-order valence-corrected chi connectivity index (χ3v) is 4.50. The van der Waals surface area contributed by atoms with E-state index in [2.05, 4.69) is 20.8 Å². The first-order valence-electron chi connectivity index (χ1n) is 8.90. The van der Waals surface area contributed by atoms with Crippen LogP contribution in [0.4, 0.5) is 5.69 Å². The lowest BCUT2D eigenvalue weighted by Crippen LogP contribution is -2.53. The molecule has 2 aliphatic rings. The third kappa shape index (κ3) is 4.97. The van der Waals surface area contributed by atoms with Crippen LogP contribution >= 0.6 is 12.4 Å². The SMILES string of the molecule is C[C@H]1OCCN[C@@H]1C(=O)Nc1ccc(OCc2noc(C3CC3)n2)cc1.Cl. The van der Waals surface area contributed by atoms with Gasteiger partial charge in [-0.2, -0.15) is 4.98 Å². The number of halogens is 1. The highest BCUT2D eigenvalue weighted by atomic mass is 35.5. The zero-order chi connectivity index (χ0) is 17.9. The van der Waals surface area contributed by atoms with Crippen molar-refractivity contribution in [1.82, 2.24) is 15.5 Å². The van der Waals surface area contributed by atoms with Gasteiger partial charge in [0, 0.05) is 18.2 Å². The largest absolute Gasteiger partial charge is 0.485 e. The molecule has 0 radical (unpaired) electrons. The van der Waals surface area contributed by atoms with E-state index in [0.717, 1.165) is 12.8 Å². The van der Waals surface area contributed by atoms with Crippen molar-refractivity contribution in [3.63, 3.8) is 0 Å². The fraction of sp³-hybridized carbons (Fsp3) is 0.500. The van der Waals surface area contributed by atoms with Crippen LogP contribution in [-0.2, 0) is 16.1 Å². The number of morpholine rings is 1. The predicted molar refractivity (Wildman–Crippen MR) is 100 cm³/mol. The Morgan fingerprint density at radius 1 is 1.33 bits per heavy atom. The lowest BCUT2D eigenvalue weighted by molar-refractivity contribution is -0.123. The maximum atomic E-state index is 12.3. The Bertz CT molecular complexity index is 763. The Kier molecular flexibility index (Phi) is 6.30. The summed E-state index contributed by atoms with van der Waals surface area (Å²) < 4.78 is 16.4. The number of nitrogens with one attached hydrogen (secondary N) is 2. The van der Waals surface area contributed by atoms with E-state index in [1.807, 2.05) is 6.92 Å². The Hall–Kier alpha value is -2.16. The lowest BCUT2D eigenvalue weighted by atomic mass is 10.1. The molecule has 1 saturated carbocycles. The van der Waals surface area contributed by atoms with Crippen molar-refractivity contribution in [3.05, 3.63) is 36.0 Å². The molecular formula is C18H23ClN4O4. The molecule has 2 heterocycles. The zero-order valence-corrected chi connectivity index (χ0v) is 15.8. The van der Waals surface area contributed by atoms with E-state index in [-0.39, 0.29) is 37.1 Å². The average molecular weight is 395 g/mol. The van der Waals surface area contributed by atoms with E-state index in [4.69, 9.17) is 14.0 Å². The Morgan fingerprint density at radius 3 is 2.81 bits per heavy atom. The van der Waals surface area contributed by atoms with Gasteiger partial charge in [-0.3, -0.25) is 4.79 Å². The summed E-state index contributed by atoms with van der Waals surface area (Å²) >= 11 is 0. The van der Waals surface area contributed by atoms with Crippen LogP contribution < -0.4 is 15.4 Å². The number of nitrogens with zero attached hydrogens (tertiary/aromatic N) is 2. The van der Waals surface area contributed by atoms with Crippen molar-refractivity contribution in [3.8, 4) is 5.75 Å². The van der Waals surface area contributed by atoms with Crippen LogP contribution in [0.2, 0.25) is 0 Å². The number of anilines is 1. The molecule has 1 aliphatic carbocycles. The van der Waals surface area contributed by atoms with E-state index in [9.17, 15) is 4.79 Å². The summed E-state index contributed by atoms with van der Waals surface area (Å²) in [4.78, 5) is 16.6. The van der Waals surface area contributed by atoms with Crippen LogP contribution in [-0.4, -0.2) is 41.3 Å². The van der Waals surface area contributed by atoms with Crippen LogP contribution in [0.1, 0.15) is 37.4 Å².